The minimum Gasteiger partial charge on any atom is -0.350 e. The molecule has 2 fully saturated rings. The zero-order valence-corrected chi connectivity index (χ0v) is 13.3. The lowest BCUT2D eigenvalue weighted by molar-refractivity contribution is -0.148. The van der Waals surface area contributed by atoms with E-state index in [1.54, 1.807) is 6.07 Å². The SMILES string of the molecule is O=C1NCC(=O)N2CCN(C(=O)c3cc(-c4ccccc4)no3)C[C@@H]12. The van der Waals surface area contributed by atoms with Gasteiger partial charge < -0.3 is 19.6 Å². The first-order chi connectivity index (χ1) is 12.1. The number of benzene rings is 1. The van der Waals surface area contributed by atoms with Gasteiger partial charge in [0.25, 0.3) is 5.91 Å². The summed E-state index contributed by atoms with van der Waals surface area (Å²) in [7, 11) is 0. The van der Waals surface area contributed by atoms with Gasteiger partial charge in [0, 0.05) is 24.7 Å². The second kappa shape index (κ2) is 6.04. The maximum atomic E-state index is 12.7. The van der Waals surface area contributed by atoms with E-state index in [-0.39, 0.29) is 36.6 Å². The average molecular weight is 340 g/mol. The van der Waals surface area contributed by atoms with Crippen molar-refractivity contribution in [1.82, 2.24) is 20.3 Å². The van der Waals surface area contributed by atoms with Crippen molar-refractivity contribution in [3.63, 3.8) is 0 Å². The highest BCUT2D eigenvalue weighted by Crippen LogP contribution is 2.21. The summed E-state index contributed by atoms with van der Waals surface area (Å²) in [4.78, 5) is 39.6. The molecule has 128 valence electrons. The smallest absolute Gasteiger partial charge is 0.292 e. The second-order valence-corrected chi connectivity index (χ2v) is 6.01. The lowest BCUT2D eigenvalue weighted by Crippen LogP contribution is -2.66. The van der Waals surface area contributed by atoms with Crippen molar-refractivity contribution < 1.29 is 18.9 Å². The van der Waals surface area contributed by atoms with Crippen LogP contribution in [-0.4, -0.2) is 64.9 Å². The van der Waals surface area contributed by atoms with E-state index in [9.17, 15) is 14.4 Å². The van der Waals surface area contributed by atoms with Crippen LogP contribution in [-0.2, 0) is 9.59 Å². The Balaban J connectivity index is 1.51. The maximum Gasteiger partial charge on any atom is 0.292 e. The number of amides is 3. The lowest BCUT2D eigenvalue weighted by atomic mass is 10.1. The molecule has 8 heteroatoms. The van der Waals surface area contributed by atoms with E-state index in [1.165, 1.54) is 9.80 Å². The monoisotopic (exact) mass is 340 g/mol. The minimum absolute atomic E-state index is 0.0197. The molecule has 0 aliphatic carbocycles. The molecule has 0 saturated carbocycles. The molecule has 3 amide bonds. The third-order valence-corrected chi connectivity index (χ3v) is 4.49. The Labute approximate surface area is 143 Å². The Kier molecular flexibility index (Phi) is 3.72. The fourth-order valence-corrected chi connectivity index (χ4v) is 3.15. The van der Waals surface area contributed by atoms with Gasteiger partial charge in [-0.2, -0.15) is 0 Å². The maximum absolute atomic E-state index is 12.7. The molecular formula is C17H16N4O4. The summed E-state index contributed by atoms with van der Waals surface area (Å²) in [6, 6.07) is 10.4. The number of fused-ring (bicyclic) bond motifs is 1. The molecule has 1 aromatic carbocycles. The van der Waals surface area contributed by atoms with Gasteiger partial charge in [0.2, 0.25) is 17.6 Å². The van der Waals surface area contributed by atoms with Crippen molar-refractivity contribution in [2.45, 2.75) is 6.04 Å². The molecular weight excluding hydrogens is 324 g/mol. The number of aromatic nitrogens is 1. The standard InChI is InChI=1S/C17H16N4O4/c22-15-9-18-16(23)13-10-20(6-7-21(13)15)17(24)14-8-12(19-25-14)11-4-2-1-3-5-11/h1-5,8,13H,6-7,9-10H2,(H,18,23)/t13-/m0/s1. The number of carbonyl (C=O) groups excluding carboxylic acids is 3. The molecule has 1 aromatic heterocycles. The van der Waals surface area contributed by atoms with Crippen molar-refractivity contribution in [1.29, 1.82) is 0 Å². The minimum atomic E-state index is -0.643. The molecule has 2 aliphatic heterocycles. The second-order valence-electron chi connectivity index (χ2n) is 6.01. The summed E-state index contributed by atoms with van der Waals surface area (Å²) < 4.78 is 5.20. The first-order valence-electron chi connectivity index (χ1n) is 8.02. The molecule has 0 spiro atoms. The fourth-order valence-electron chi connectivity index (χ4n) is 3.15. The van der Waals surface area contributed by atoms with E-state index in [2.05, 4.69) is 10.5 Å². The predicted molar refractivity (Wildman–Crippen MR) is 86.4 cm³/mol. The number of rotatable bonds is 2. The van der Waals surface area contributed by atoms with E-state index >= 15 is 0 Å². The zero-order valence-electron chi connectivity index (χ0n) is 13.3. The van der Waals surface area contributed by atoms with Crippen molar-refractivity contribution in [3.05, 3.63) is 42.2 Å². The highest BCUT2D eigenvalue weighted by atomic mass is 16.5. The third-order valence-electron chi connectivity index (χ3n) is 4.49. The first kappa shape index (κ1) is 15.4. The van der Waals surface area contributed by atoms with Gasteiger partial charge in [-0.15, -0.1) is 0 Å². The van der Waals surface area contributed by atoms with E-state index in [4.69, 9.17) is 4.52 Å². The van der Waals surface area contributed by atoms with Crippen LogP contribution in [0.4, 0.5) is 0 Å². The molecule has 4 rings (SSSR count). The highest BCUT2D eigenvalue weighted by molar-refractivity contribution is 5.97. The van der Waals surface area contributed by atoms with Crippen LogP contribution in [0.1, 0.15) is 10.6 Å². The van der Waals surface area contributed by atoms with Gasteiger partial charge in [0.05, 0.1) is 13.1 Å². The van der Waals surface area contributed by atoms with Gasteiger partial charge in [0.1, 0.15) is 11.7 Å². The Morgan fingerprint density at radius 1 is 1.20 bits per heavy atom. The molecule has 2 aliphatic rings. The number of nitrogens with one attached hydrogen (secondary N) is 1. The van der Waals surface area contributed by atoms with E-state index in [0.717, 1.165) is 5.56 Å². The van der Waals surface area contributed by atoms with Crippen LogP contribution in [0, 0.1) is 0 Å². The van der Waals surface area contributed by atoms with Crippen molar-refractivity contribution in [3.8, 4) is 11.3 Å². The quantitative estimate of drug-likeness (QED) is 0.838. The van der Waals surface area contributed by atoms with Crippen LogP contribution in [0.25, 0.3) is 11.3 Å². The number of nitrogens with zero attached hydrogens (tertiary/aromatic N) is 3. The zero-order chi connectivity index (χ0) is 17.4. The molecule has 3 heterocycles. The van der Waals surface area contributed by atoms with Crippen LogP contribution in [0.2, 0.25) is 0 Å². The van der Waals surface area contributed by atoms with Gasteiger partial charge in [-0.3, -0.25) is 14.4 Å². The number of hydrogen-bond donors (Lipinski definition) is 1. The Hall–Kier alpha value is -3.16. The Bertz CT molecular complexity index is 832. The van der Waals surface area contributed by atoms with Crippen LogP contribution >= 0.6 is 0 Å². The lowest BCUT2D eigenvalue weighted by Gasteiger charge is -2.42. The molecule has 0 unspecified atom stereocenters. The van der Waals surface area contributed by atoms with E-state index in [0.29, 0.717) is 18.8 Å². The van der Waals surface area contributed by atoms with Gasteiger partial charge in [-0.1, -0.05) is 35.5 Å². The molecule has 0 radical (unpaired) electrons. The summed E-state index contributed by atoms with van der Waals surface area (Å²) >= 11 is 0. The molecule has 2 saturated heterocycles. The Morgan fingerprint density at radius 3 is 2.80 bits per heavy atom. The summed E-state index contributed by atoms with van der Waals surface area (Å²) in [6.45, 7) is 0.863. The van der Waals surface area contributed by atoms with Gasteiger partial charge in [0.15, 0.2) is 0 Å². The first-order valence-corrected chi connectivity index (χ1v) is 8.02. The number of piperazine rings is 2. The molecule has 1 atom stereocenters. The van der Waals surface area contributed by atoms with Gasteiger partial charge in [-0.05, 0) is 0 Å². The largest absolute Gasteiger partial charge is 0.350 e. The van der Waals surface area contributed by atoms with E-state index in [1.807, 2.05) is 30.3 Å². The summed E-state index contributed by atoms with van der Waals surface area (Å²) in [5, 5.41) is 6.50. The van der Waals surface area contributed by atoms with Crippen molar-refractivity contribution in [2.24, 2.45) is 0 Å². The summed E-state index contributed by atoms with van der Waals surface area (Å²) in [6.07, 6.45) is 0. The highest BCUT2D eigenvalue weighted by Gasteiger charge is 2.40. The number of hydrogen-bond acceptors (Lipinski definition) is 5. The summed E-state index contributed by atoms with van der Waals surface area (Å²) in [5.74, 6) is -0.572. The third kappa shape index (κ3) is 2.75. The molecule has 25 heavy (non-hydrogen) atoms. The average Bonchev–Trinajstić information content (AvgIpc) is 3.15. The molecule has 8 nitrogen and oxygen atoms in total. The van der Waals surface area contributed by atoms with E-state index < -0.39 is 6.04 Å². The summed E-state index contributed by atoms with van der Waals surface area (Å²) in [5.41, 5.74) is 1.43. The normalized spacial score (nSPS) is 20.2. The topological polar surface area (TPSA) is 95.8 Å². The van der Waals surface area contributed by atoms with Crippen LogP contribution in [0.3, 0.4) is 0 Å². The van der Waals surface area contributed by atoms with Crippen molar-refractivity contribution in [2.75, 3.05) is 26.2 Å². The van der Waals surface area contributed by atoms with Gasteiger partial charge in [-0.25, -0.2) is 0 Å². The van der Waals surface area contributed by atoms with Crippen LogP contribution in [0.15, 0.2) is 40.9 Å². The number of carbonyl (C=O) groups is 3. The van der Waals surface area contributed by atoms with Crippen LogP contribution < -0.4 is 5.32 Å². The molecule has 2 aromatic rings. The van der Waals surface area contributed by atoms with Crippen LogP contribution in [0.5, 0.6) is 0 Å². The molecule has 1 N–H and O–H groups in total. The van der Waals surface area contributed by atoms with Crippen molar-refractivity contribution >= 4 is 17.7 Å². The van der Waals surface area contributed by atoms with Gasteiger partial charge >= 0.3 is 0 Å². The fraction of sp³-hybridized carbons (Fsp3) is 0.294. The predicted octanol–water partition coefficient (Wildman–Crippen LogP) is 0.124. The Morgan fingerprint density at radius 2 is 2.00 bits per heavy atom. The molecule has 0 bridgehead atoms.